The molecule has 1 saturated carbocycles. The summed E-state index contributed by atoms with van der Waals surface area (Å²) in [6.07, 6.45) is 3.46. The van der Waals surface area contributed by atoms with Crippen LogP contribution in [0.4, 0.5) is 14.5 Å². The molecule has 0 radical (unpaired) electrons. The van der Waals surface area contributed by atoms with Gasteiger partial charge in [-0.05, 0) is 37.7 Å². The third-order valence-electron chi connectivity index (χ3n) is 3.55. The number of nitrogens with two attached hydrogens (primary N) is 1. The van der Waals surface area contributed by atoms with Crippen LogP contribution in [-0.2, 0) is 4.74 Å². The number of carbonyl (C=O) groups is 1. The maximum atomic E-state index is 13.1. The monoisotopic (exact) mass is 269 g/mol. The highest BCUT2D eigenvalue weighted by molar-refractivity contribution is 5.95. The first kappa shape index (κ1) is 13.8. The van der Waals surface area contributed by atoms with Crippen molar-refractivity contribution in [2.75, 3.05) is 5.73 Å². The van der Waals surface area contributed by atoms with Crippen molar-refractivity contribution in [2.24, 2.45) is 5.92 Å². The number of hydrogen-bond acceptors (Lipinski definition) is 3. The Morgan fingerprint density at radius 3 is 2.42 bits per heavy atom. The van der Waals surface area contributed by atoms with Gasteiger partial charge in [0.15, 0.2) is 11.6 Å². The standard InChI is InChI=1S/C14H17F2NO2/c1-8-2-4-9(5-3-8)19-14(18)10-6-11(15)12(16)7-13(10)17/h6-9H,2-5,17H2,1H3. The molecule has 2 rings (SSSR count). The molecular weight excluding hydrogens is 252 g/mol. The summed E-state index contributed by atoms with van der Waals surface area (Å²) in [5, 5.41) is 0. The van der Waals surface area contributed by atoms with E-state index < -0.39 is 17.6 Å². The second kappa shape index (κ2) is 5.55. The Balaban J connectivity index is 2.06. The molecule has 1 aromatic carbocycles. The molecule has 104 valence electrons. The summed E-state index contributed by atoms with van der Waals surface area (Å²) in [4.78, 5) is 11.9. The van der Waals surface area contributed by atoms with Gasteiger partial charge in [-0.1, -0.05) is 6.92 Å². The summed E-state index contributed by atoms with van der Waals surface area (Å²) in [5.41, 5.74) is 5.29. The van der Waals surface area contributed by atoms with E-state index in [1.165, 1.54) is 0 Å². The van der Waals surface area contributed by atoms with Crippen LogP contribution in [0.1, 0.15) is 43.0 Å². The van der Waals surface area contributed by atoms with Crippen molar-refractivity contribution in [3.8, 4) is 0 Å². The molecule has 2 N–H and O–H groups in total. The lowest BCUT2D eigenvalue weighted by Gasteiger charge is -2.26. The summed E-state index contributed by atoms with van der Waals surface area (Å²) in [6, 6.07) is 1.59. The number of hydrogen-bond donors (Lipinski definition) is 1. The molecule has 0 heterocycles. The second-order valence-electron chi connectivity index (χ2n) is 5.14. The van der Waals surface area contributed by atoms with Gasteiger partial charge < -0.3 is 10.5 Å². The molecule has 0 aliphatic heterocycles. The number of benzene rings is 1. The van der Waals surface area contributed by atoms with Crippen molar-refractivity contribution in [3.63, 3.8) is 0 Å². The Bertz CT molecular complexity index is 483. The van der Waals surface area contributed by atoms with E-state index in [0.717, 1.165) is 37.8 Å². The summed E-state index contributed by atoms with van der Waals surface area (Å²) in [6.45, 7) is 2.16. The minimum Gasteiger partial charge on any atom is -0.459 e. The van der Waals surface area contributed by atoms with Crippen LogP contribution < -0.4 is 5.73 Å². The quantitative estimate of drug-likeness (QED) is 0.662. The SMILES string of the molecule is CC1CCC(OC(=O)c2cc(F)c(F)cc2N)CC1. The van der Waals surface area contributed by atoms with Gasteiger partial charge in [-0.3, -0.25) is 0 Å². The summed E-state index contributed by atoms with van der Waals surface area (Å²) in [7, 11) is 0. The van der Waals surface area contributed by atoms with Crippen molar-refractivity contribution in [3.05, 3.63) is 29.3 Å². The van der Waals surface area contributed by atoms with E-state index in [2.05, 4.69) is 6.92 Å². The molecule has 0 saturated heterocycles. The topological polar surface area (TPSA) is 52.3 Å². The predicted molar refractivity (Wildman–Crippen MR) is 67.6 cm³/mol. The van der Waals surface area contributed by atoms with Crippen LogP contribution in [0.3, 0.4) is 0 Å². The van der Waals surface area contributed by atoms with E-state index in [0.29, 0.717) is 5.92 Å². The highest BCUT2D eigenvalue weighted by atomic mass is 19.2. The smallest absolute Gasteiger partial charge is 0.340 e. The Morgan fingerprint density at radius 2 is 1.79 bits per heavy atom. The zero-order valence-electron chi connectivity index (χ0n) is 10.8. The van der Waals surface area contributed by atoms with Crippen LogP contribution in [0.25, 0.3) is 0 Å². The zero-order chi connectivity index (χ0) is 14.0. The van der Waals surface area contributed by atoms with Crippen LogP contribution in [-0.4, -0.2) is 12.1 Å². The Kier molecular flexibility index (Phi) is 4.02. The number of rotatable bonds is 2. The number of esters is 1. The Hall–Kier alpha value is -1.65. The van der Waals surface area contributed by atoms with Crippen LogP contribution >= 0.6 is 0 Å². The van der Waals surface area contributed by atoms with Crippen molar-refractivity contribution in [1.82, 2.24) is 0 Å². The van der Waals surface area contributed by atoms with Crippen LogP contribution in [0.15, 0.2) is 12.1 Å². The first-order valence-corrected chi connectivity index (χ1v) is 6.43. The van der Waals surface area contributed by atoms with E-state index in [-0.39, 0.29) is 17.4 Å². The van der Waals surface area contributed by atoms with Crippen LogP contribution in [0.2, 0.25) is 0 Å². The number of nitrogen functional groups attached to an aromatic ring is 1. The fourth-order valence-electron chi connectivity index (χ4n) is 2.30. The molecule has 1 fully saturated rings. The molecule has 0 bridgehead atoms. The van der Waals surface area contributed by atoms with Gasteiger partial charge in [0.05, 0.1) is 5.56 Å². The zero-order valence-corrected chi connectivity index (χ0v) is 10.8. The van der Waals surface area contributed by atoms with Gasteiger partial charge in [0.2, 0.25) is 0 Å². The first-order valence-electron chi connectivity index (χ1n) is 6.43. The lowest BCUT2D eigenvalue weighted by molar-refractivity contribution is 0.0174. The molecule has 0 amide bonds. The third-order valence-corrected chi connectivity index (χ3v) is 3.55. The molecule has 1 aliphatic rings. The lowest BCUT2D eigenvalue weighted by atomic mass is 9.89. The Morgan fingerprint density at radius 1 is 1.21 bits per heavy atom. The van der Waals surface area contributed by atoms with Gasteiger partial charge in [0, 0.05) is 11.8 Å². The van der Waals surface area contributed by atoms with E-state index in [1.807, 2.05) is 0 Å². The highest BCUT2D eigenvalue weighted by Gasteiger charge is 2.23. The highest BCUT2D eigenvalue weighted by Crippen LogP contribution is 2.27. The van der Waals surface area contributed by atoms with Crippen molar-refractivity contribution in [1.29, 1.82) is 0 Å². The Labute approximate surface area is 110 Å². The maximum Gasteiger partial charge on any atom is 0.340 e. The third kappa shape index (κ3) is 3.22. The van der Waals surface area contributed by atoms with Crippen LogP contribution in [0.5, 0.6) is 0 Å². The molecular formula is C14H17F2NO2. The largest absolute Gasteiger partial charge is 0.459 e. The van der Waals surface area contributed by atoms with Gasteiger partial charge in [0.1, 0.15) is 6.10 Å². The van der Waals surface area contributed by atoms with Gasteiger partial charge in [-0.2, -0.15) is 0 Å². The van der Waals surface area contributed by atoms with E-state index in [9.17, 15) is 13.6 Å². The number of halogens is 2. The fraction of sp³-hybridized carbons (Fsp3) is 0.500. The number of carbonyl (C=O) groups excluding carboxylic acids is 1. The minimum atomic E-state index is -1.10. The first-order chi connectivity index (χ1) is 8.97. The number of ether oxygens (including phenoxy) is 1. The second-order valence-corrected chi connectivity index (χ2v) is 5.14. The van der Waals surface area contributed by atoms with E-state index in [1.54, 1.807) is 0 Å². The van der Waals surface area contributed by atoms with Gasteiger partial charge in [0.25, 0.3) is 0 Å². The lowest BCUT2D eigenvalue weighted by Crippen LogP contribution is -2.24. The van der Waals surface area contributed by atoms with Crippen LogP contribution in [0, 0.1) is 17.6 Å². The maximum absolute atomic E-state index is 13.1. The summed E-state index contributed by atoms with van der Waals surface area (Å²) < 4.78 is 31.3. The molecule has 5 heteroatoms. The molecule has 0 unspecified atom stereocenters. The van der Waals surface area contributed by atoms with Gasteiger partial charge >= 0.3 is 5.97 Å². The van der Waals surface area contributed by atoms with Gasteiger partial charge in [-0.15, -0.1) is 0 Å². The normalized spacial score (nSPS) is 23.1. The molecule has 0 spiro atoms. The molecule has 0 aromatic heterocycles. The molecule has 1 aromatic rings. The van der Waals surface area contributed by atoms with Gasteiger partial charge in [-0.25, -0.2) is 13.6 Å². The summed E-state index contributed by atoms with van der Waals surface area (Å²) >= 11 is 0. The average molecular weight is 269 g/mol. The molecule has 19 heavy (non-hydrogen) atoms. The van der Waals surface area contributed by atoms with Crippen molar-refractivity contribution >= 4 is 11.7 Å². The fourth-order valence-corrected chi connectivity index (χ4v) is 2.30. The van der Waals surface area contributed by atoms with Crippen molar-refractivity contribution in [2.45, 2.75) is 38.7 Å². The predicted octanol–water partition coefficient (Wildman–Crippen LogP) is 3.28. The molecule has 3 nitrogen and oxygen atoms in total. The van der Waals surface area contributed by atoms with Crippen molar-refractivity contribution < 1.29 is 18.3 Å². The average Bonchev–Trinajstić information content (AvgIpc) is 2.36. The van der Waals surface area contributed by atoms with E-state index in [4.69, 9.17) is 10.5 Å². The summed E-state index contributed by atoms with van der Waals surface area (Å²) in [5.74, 6) is -2.21. The molecule has 1 aliphatic carbocycles. The molecule has 0 atom stereocenters. The minimum absolute atomic E-state index is 0.104. The number of anilines is 1. The van der Waals surface area contributed by atoms with E-state index >= 15 is 0 Å².